The number of piperazine rings is 1. The Morgan fingerprint density at radius 3 is 2.45 bits per heavy atom. The highest BCUT2D eigenvalue weighted by Crippen LogP contribution is 2.33. The van der Waals surface area contributed by atoms with Crippen LogP contribution in [0.25, 0.3) is 0 Å². The molecule has 1 saturated heterocycles. The zero-order chi connectivity index (χ0) is 14.2. The molecule has 1 N–H and O–H groups in total. The summed E-state index contributed by atoms with van der Waals surface area (Å²) in [6.07, 6.45) is 3.75. The summed E-state index contributed by atoms with van der Waals surface area (Å²) in [7, 11) is 0. The van der Waals surface area contributed by atoms with Crippen molar-refractivity contribution in [1.82, 2.24) is 10.2 Å². The standard InChI is InChI=1S/C17H28N2O.2ClH/c1-3-5-9-16(19-13-11-18-12-14-19)15-8-6-7-10-17(15)20-4-2;;/h6-8,10,16,18H,3-5,9,11-14H2,1-2H3;2*1H/t16-;;/m1../s1. The molecule has 2 rings (SSSR count). The quantitative estimate of drug-likeness (QED) is 0.803. The Morgan fingerprint density at radius 2 is 1.82 bits per heavy atom. The fraction of sp³-hybridized carbons (Fsp3) is 0.647. The van der Waals surface area contributed by atoms with Crippen LogP contribution in [0, 0.1) is 0 Å². The van der Waals surface area contributed by atoms with Gasteiger partial charge in [0.05, 0.1) is 6.61 Å². The minimum absolute atomic E-state index is 0. The zero-order valence-corrected chi connectivity index (χ0v) is 15.3. The normalized spacial score (nSPS) is 16.3. The molecular weight excluding hydrogens is 319 g/mol. The summed E-state index contributed by atoms with van der Waals surface area (Å²) in [6.45, 7) is 9.52. The first-order valence-electron chi connectivity index (χ1n) is 8.03. The van der Waals surface area contributed by atoms with Crippen molar-refractivity contribution in [2.24, 2.45) is 0 Å². The summed E-state index contributed by atoms with van der Waals surface area (Å²) in [5.74, 6) is 1.06. The van der Waals surface area contributed by atoms with Gasteiger partial charge in [-0.1, -0.05) is 38.0 Å². The van der Waals surface area contributed by atoms with Gasteiger partial charge < -0.3 is 10.1 Å². The molecule has 0 spiro atoms. The third-order valence-electron chi connectivity index (χ3n) is 4.00. The van der Waals surface area contributed by atoms with Crippen molar-refractivity contribution < 1.29 is 4.74 Å². The number of nitrogens with zero attached hydrogens (tertiary/aromatic N) is 1. The molecule has 0 aromatic heterocycles. The SMILES string of the molecule is CCCC[C@H](c1ccccc1OCC)N1CCNCC1.Cl.Cl. The Balaban J connectivity index is 0.00000220. The minimum Gasteiger partial charge on any atom is -0.494 e. The molecule has 128 valence electrons. The predicted octanol–water partition coefficient (Wildman–Crippen LogP) is 4.07. The van der Waals surface area contributed by atoms with Gasteiger partial charge in [0.25, 0.3) is 0 Å². The molecule has 0 saturated carbocycles. The number of ether oxygens (including phenoxy) is 1. The lowest BCUT2D eigenvalue weighted by molar-refractivity contribution is 0.159. The first-order chi connectivity index (χ1) is 9.86. The average molecular weight is 349 g/mol. The molecule has 0 amide bonds. The molecule has 22 heavy (non-hydrogen) atoms. The van der Waals surface area contributed by atoms with Gasteiger partial charge in [-0.3, -0.25) is 4.90 Å². The maximum Gasteiger partial charge on any atom is 0.124 e. The fourth-order valence-corrected chi connectivity index (χ4v) is 2.97. The van der Waals surface area contributed by atoms with Gasteiger partial charge in [-0.25, -0.2) is 0 Å². The first-order valence-corrected chi connectivity index (χ1v) is 8.03. The topological polar surface area (TPSA) is 24.5 Å². The summed E-state index contributed by atoms with van der Waals surface area (Å²) >= 11 is 0. The molecule has 1 aromatic carbocycles. The van der Waals surface area contributed by atoms with Gasteiger partial charge in [-0.2, -0.15) is 0 Å². The molecule has 1 heterocycles. The van der Waals surface area contributed by atoms with E-state index in [1.165, 1.54) is 24.8 Å². The summed E-state index contributed by atoms with van der Waals surface area (Å²) in [6, 6.07) is 9.06. The number of benzene rings is 1. The average Bonchev–Trinajstić information content (AvgIpc) is 2.50. The number of rotatable bonds is 7. The van der Waals surface area contributed by atoms with Gasteiger partial charge in [0, 0.05) is 37.8 Å². The van der Waals surface area contributed by atoms with Gasteiger partial charge in [0.2, 0.25) is 0 Å². The van der Waals surface area contributed by atoms with Crippen molar-refractivity contribution >= 4 is 24.8 Å². The highest BCUT2D eigenvalue weighted by atomic mass is 35.5. The number of hydrogen-bond acceptors (Lipinski definition) is 3. The number of halogens is 2. The second-order valence-corrected chi connectivity index (χ2v) is 5.41. The number of para-hydroxylation sites is 1. The van der Waals surface area contributed by atoms with Crippen LogP contribution < -0.4 is 10.1 Å². The largest absolute Gasteiger partial charge is 0.494 e. The van der Waals surface area contributed by atoms with Gasteiger partial charge in [-0.05, 0) is 19.4 Å². The second kappa shape index (κ2) is 12.0. The van der Waals surface area contributed by atoms with Crippen molar-refractivity contribution in [3.8, 4) is 5.75 Å². The molecule has 0 radical (unpaired) electrons. The van der Waals surface area contributed by atoms with Crippen LogP contribution >= 0.6 is 24.8 Å². The highest BCUT2D eigenvalue weighted by molar-refractivity contribution is 5.85. The highest BCUT2D eigenvalue weighted by Gasteiger charge is 2.24. The van der Waals surface area contributed by atoms with Crippen LogP contribution in [0.3, 0.4) is 0 Å². The Morgan fingerprint density at radius 1 is 1.14 bits per heavy atom. The molecule has 1 atom stereocenters. The molecule has 0 bridgehead atoms. The molecule has 1 fully saturated rings. The van der Waals surface area contributed by atoms with Crippen molar-refractivity contribution in [3.05, 3.63) is 29.8 Å². The smallest absolute Gasteiger partial charge is 0.124 e. The molecule has 1 aromatic rings. The molecule has 5 heteroatoms. The molecule has 0 aliphatic carbocycles. The fourth-order valence-electron chi connectivity index (χ4n) is 2.97. The third-order valence-corrected chi connectivity index (χ3v) is 4.00. The lowest BCUT2D eigenvalue weighted by Gasteiger charge is -2.36. The van der Waals surface area contributed by atoms with E-state index < -0.39 is 0 Å². The third kappa shape index (κ3) is 5.96. The van der Waals surface area contributed by atoms with Crippen LogP contribution in [0.15, 0.2) is 24.3 Å². The number of unbranched alkanes of at least 4 members (excludes halogenated alkanes) is 1. The van der Waals surface area contributed by atoms with Crippen molar-refractivity contribution in [1.29, 1.82) is 0 Å². The Hall–Kier alpha value is -0.480. The Labute approximate surface area is 147 Å². The van der Waals surface area contributed by atoms with Crippen LogP contribution in [0.5, 0.6) is 5.75 Å². The predicted molar refractivity (Wildman–Crippen MR) is 98.8 cm³/mol. The number of nitrogens with one attached hydrogen (secondary N) is 1. The van der Waals surface area contributed by atoms with Crippen LogP contribution in [-0.4, -0.2) is 37.7 Å². The summed E-state index contributed by atoms with van der Waals surface area (Å²) in [5.41, 5.74) is 1.37. The van der Waals surface area contributed by atoms with Crippen LogP contribution in [0.4, 0.5) is 0 Å². The van der Waals surface area contributed by atoms with Crippen molar-refractivity contribution in [3.63, 3.8) is 0 Å². The van der Waals surface area contributed by atoms with E-state index in [4.69, 9.17) is 4.74 Å². The molecule has 3 nitrogen and oxygen atoms in total. The van der Waals surface area contributed by atoms with E-state index in [9.17, 15) is 0 Å². The Bertz CT molecular complexity index is 398. The lowest BCUT2D eigenvalue weighted by atomic mass is 9.98. The van der Waals surface area contributed by atoms with Crippen molar-refractivity contribution in [2.75, 3.05) is 32.8 Å². The summed E-state index contributed by atoms with van der Waals surface area (Å²) < 4.78 is 5.85. The number of hydrogen-bond donors (Lipinski definition) is 1. The minimum atomic E-state index is 0. The van der Waals surface area contributed by atoms with E-state index in [0.717, 1.165) is 38.5 Å². The molecule has 1 aliphatic rings. The van der Waals surface area contributed by atoms with Crippen molar-refractivity contribution in [2.45, 2.75) is 39.2 Å². The van der Waals surface area contributed by atoms with E-state index in [2.05, 4.69) is 48.3 Å². The Kier molecular flexibility index (Phi) is 11.7. The lowest BCUT2D eigenvalue weighted by Crippen LogP contribution is -2.45. The van der Waals surface area contributed by atoms with Gasteiger partial charge >= 0.3 is 0 Å². The van der Waals surface area contributed by atoms with E-state index in [0.29, 0.717) is 6.04 Å². The van der Waals surface area contributed by atoms with Crippen LogP contribution in [-0.2, 0) is 0 Å². The van der Waals surface area contributed by atoms with E-state index in [1.54, 1.807) is 0 Å². The zero-order valence-electron chi connectivity index (χ0n) is 13.7. The van der Waals surface area contributed by atoms with E-state index >= 15 is 0 Å². The maximum atomic E-state index is 5.85. The van der Waals surface area contributed by atoms with Crippen LogP contribution in [0.1, 0.15) is 44.7 Å². The second-order valence-electron chi connectivity index (χ2n) is 5.41. The van der Waals surface area contributed by atoms with E-state index in [1.807, 2.05) is 0 Å². The van der Waals surface area contributed by atoms with Crippen LogP contribution in [0.2, 0.25) is 0 Å². The summed E-state index contributed by atoms with van der Waals surface area (Å²) in [5, 5.41) is 3.44. The molecule has 1 aliphatic heterocycles. The summed E-state index contributed by atoms with van der Waals surface area (Å²) in [4.78, 5) is 2.62. The monoisotopic (exact) mass is 348 g/mol. The molecular formula is C17H30Cl2N2O. The van der Waals surface area contributed by atoms with Gasteiger partial charge in [0.1, 0.15) is 5.75 Å². The van der Waals surface area contributed by atoms with Gasteiger partial charge in [-0.15, -0.1) is 24.8 Å². The first kappa shape index (κ1) is 21.5. The molecule has 0 unspecified atom stereocenters. The van der Waals surface area contributed by atoms with E-state index in [-0.39, 0.29) is 24.8 Å². The van der Waals surface area contributed by atoms with Gasteiger partial charge in [0.15, 0.2) is 0 Å². The maximum absolute atomic E-state index is 5.85.